The highest BCUT2D eigenvalue weighted by Gasteiger charge is 2.15. The second-order valence-electron chi connectivity index (χ2n) is 3.98. The monoisotopic (exact) mass is 258 g/mol. The Morgan fingerprint density at radius 2 is 1.83 bits per heavy atom. The number of ether oxygens (including phenoxy) is 1. The van der Waals surface area contributed by atoms with Gasteiger partial charge in [-0.15, -0.1) is 0 Å². The lowest BCUT2D eigenvalue weighted by Gasteiger charge is -2.08. The molecule has 1 aromatic rings. The van der Waals surface area contributed by atoms with Crippen molar-refractivity contribution in [3.63, 3.8) is 0 Å². The molecule has 0 aromatic heterocycles. The number of rotatable bonds is 7. The average Bonchev–Trinajstić information content (AvgIpc) is 2.31. The van der Waals surface area contributed by atoms with E-state index in [1.165, 1.54) is 0 Å². The zero-order valence-electron chi connectivity index (χ0n) is 10.2. The molecule has 1 rings (SSSR count). The summed E-state index contributed by atoms with van der Waals surface area (Å²) in [6, 6.07) is 1.51. The summed E-state index contributed by atoms with van der Waals surface area (Å²) in [7, 11) is 0. The molecule has 5 heteroatoms. The number of carboxylic acid groups (broad SMARTS) is 1. The topological polar surface area (TPSA) is 46.5 Å². The molecule has 0 aliphatic rings. The Bertz CT molecular complexity index is 396. The van der Waals surface area contributed by atoms with Crippen LogP contribution in [0.5, 0.6) is 5.75 Å². The van der Waals surface area contributed by atoms with Crippen LogP contribution in [-0.2, 0) is 0 Å². The maximum atomic E-state index is 13.4. The highest BCUT2D eigenvalue weighted by molar-refractivity contribution is 5.87. The molecule has 0 radical (unpaired) electrons. The fraction of sp³-hybridized carbons (Fsp3) is 0.462. The number of aromatic carboxylic acids is 1. The lowest BCUT2D eigenvalue weighted by atomic mass is 10.2. The van der Waals surface area contributed by atoms with Gasteiger partial charge in [0.1, 0.15) is 0 Å². The Hall–Kier alpha value is -1.65. The van der Waals surface area contributed by atoms with Crippen molar-refractivity contribution in [2.24, 2.45) is 0 Å². The van der Waals surface area contributed by atoms with Crippen LogP contribution in [0, 0.1) is 11.6 Å². The molecule has 0 aliphatic heterocycles. The van der Waals surface area contributed by atoms with Crippen molar-refractivity contribution in [1.82, 2.24) is 0 Å². The van der Waals surface area contributed by atoms with Crippen molar-refractivity contribution < 1.29 is 23.4 Å². The fourth-order valence-electron chi connectivity index (χ4n) is 1.52. The maximum absolute atomic E-state index is 13.4. The number of unbranched alkanes of at least 4 members (excludes halogenated alkanes) is 3. The Balaban J connectivity index is 2.63. The number of benzene rings is 1. The molecule has 0 saturated heterocycles. The highest BCUT2D eigenvalue weighted by Crippen LogP contribution is 2.23. The first kappa shape index (κ1) is 14.4. The van der Waals surface area contributed by atoms with Gasteiger partial charge in [-0.05, 0) is 18.6 Å². The van der Waals surface area contributed by atoms with E-state index < -0.39 is 28.9 Å². The van der Waals surface area contributed by atoms with Gasteiger partial charge in [0.25, 0.3) is 0 Å². The molecule has 0 amide bonds. The van der Waals surface area contributed by atoms with Crippen molar-refractivity contribution in [1.29, 1.82) is 0 Å². The summed E-state index contributed by atoms with van der Waals surface area (Å²) in [5, 5.41) is 8.62. The molecule has 100 valence electrons. The van der Waals surface area contributed by atoms with Gasteiger partial charge in [-0.25, -0.2) is 13.6 Å². The minimum Gasteiger partial charge on any atom is -0.488 e. The molecule has 0 unspecified atom stereocenters. The van der Waals surface area contributed by atoms with Crippen LogP contribution in [0.1, 0.15) is 43.0 Å². The molecular weight excluding hydrogens is 242 g/mol. The molecule has 1 aromatic carbocycles. The normalized spacial score (nSPS) is 10.4. The lowest BCUT2D eigenvalue weighted by Crippen LogP contribution is -2.05. The SMILES string of the molecule is CCCCCCOc1c(F)cc(C(=O)O)cc1F. The molecule has 0 spiro atoms. The smallest absolute Gasteiger partial charge is 0.335 e. The van der Waals surface area contributed by atoms with E-state index in [0.717, 1.165) is 31.4 Å². The Morgan fingerprint density at radius 3 is 2.33 bits per heavy atom. The van der Waals surface area contributed by atoms with Crippen LogP contribution in [0.3, 0.4) is 0 Å². The fourth-order valence-corrected chi connectivity index (χ4v) is 1.52. The Morgan fingerprint density at radius 1 is 1.22 bits per heavy atom. The van der Waals surface area contributed by atoms with E-state index in [4.69, 9.17) is 9.84 Å². The van der Waals surface area contributed by atoms with Gasteiger partial charge in [0.05, 0.1) is 12.2 Å². The van der Waals surface area contributed by atoms with Crippen LogP contribution >= 0.6 is 0 Å². The van der Waals surface area contributed by atoms with E-state index >= 15 is 0 Å². The number of hydrogen-bond acceptors (Lipinski definition) is 2. The largest absolute Gasteiger partial charge is 0.488 e. The average molecular weight is 258 g/mol. The van der Waals surface area contributed by atoms with Crippen LogP contribution in [0.4, 0.5) is 8.78 Å². The van der Waals surface area contributed by atoms with Crippen molar-refractivity contribution >= 4 is 5.97 Å². The molecule has 3 nitrogen and oxygen atoms in total. The lowest BCUT2D eigenvalue weighted by molar-refractivity contribution is 0.0695. The maximum Gasteiger partial charge on any atom is 0.335 e. The van der Waals surface area contributed by atoms with Crippen molar-refractivity contribution in [2.75, 3.05) is 6.61 Å². The van der Waals surface area contributed by atoms with Crippen molar-refractivity contribution in [3.8, 4) is 5.75 Å². The van der Waals surface area contributed by atoms with Crippen LogP contribution in [0.25, 0.3) is 0 Å². The second kappa shape index (κ2) is 6.93. The van der Waals surface area contributed by atoms with E-state index in [9.17, 15) is 13.6 Å². The van der Waals surface area contributed by atoms with Crippen LogP contribution in [0.15, 0.2) is 12.1 Å². The molecule has 1 N–H and O–H groups in total. The summed E-state index contributed by atoms with van der Waals surface area (Å²) in [5.41, 5.74) is -0.427. The zero-order valence-corrected chi connectivity index (χ0v) is 10.2. The second-order valence-corrected chi connectivity index (χ2v) is 3.98. The van der Waals surface area contributed by atoms with Crippen molar-refractivity contribution in [3.05, 3.63) is 29.3 Å². The van der Waals surface area contributed by atoms with E-state index in [1.807, 2.05) is 0 Å². The quantitative estimate of drug-likeness (QED) is 0.760. The highest BCUT2D eigenvalue weighted by atomic mass is 19.1. The van der Waals surface area contributed by atoms with Gasteiger partial charge in [0, 0.05) is 0 Å². The van der Waals surface area contributed by atoms with E-state index in [1.54, 1.807) is 0 Å². The van der Waals surface area contributed by atoms with Gasteiger partial charge in [0.15, 0.2) is 17.4 Å². The first-order valence-electron chi connectivity index (χ1n) is 5.91. The Labute approximate surface area is 104 Å². The molecule has 0 saturated carbocycles. The van der Waals surface area contributed by atoms with Gasteiger partial charge >= 0.3 is 5.97 Å². The minimum atomic E-state index is -1.37. The van der Waals surface area contributed by atoms with Crippen LogP contribution < -0.4 is 4.74 Å². The molecule has 0 atom stereocenters. The Kier molecular flexibility index (Phi) is 5.55. The van der Waals surface area contributed by atoms with Gasteiger partial charge in [-0.3, -0.25) is 0 Å². The summed E-state index contributed by atoms with van der Waals surface area (Å²) < 4.78 is 31.8. The van der Waals surface area contributed by atoms with E-state index in [-0.39, 0.29) is 6.61 Å². The molecule has 0 aliphatic carbocycles. The van der Waals surface area contributed by atoms with Gasteiger partial charge in [-0.2, -0.15) is 0 Å². The number of hydrogen-bond donors (Lipinski definition) is 1. The van der Waals surface area contributed by atoms with Crippen LogP contribution in [0.2, 0.25) is 0 Å². The zero-order chi connectivity index (χ0) is 13.5. The van der Waals surface area contributed by atoms with Gasteiger partial charge in [-0.1, -0.05) is 26.2 Å². The first-order valence-corrected chi connectivity index (χ1v) is 5.91. The molecule has 18 heavy (non-hydrogen) atoms. The standard InChI is InChI=1S/C13H16F2O3/c1-2-3-4-5-6-18-12-10(14)7-9(13(16)17)8-11(12)15/h7-8H,2-6H2,1H3,(H,16,17). The number of halogens is 2. The third-order valence-electron chi connectivity index (χ3n) is 2.49. The van der Waals surface area contributed by atoms with E-state index in [0.29, 0.717) is 6.42 Å². The predicted octanol–water partition coefficient (Wildman–Crippen LogP) is 3.62. The summed E-state index contributed by atoms with van der Waals surface area (Å²) in [6.45, 7) is 2.28. The third kappa shape index (κ3) is 3.98. The molecular formula is C13H16F2O3. The van der Waals surface area contributed by atoms with Gasteiger partial charge in [0.2, 0.25) is 0 Å². The van der Waals surface area contributed by atoms with Gasteiger partial charge < -0.3 is 9.84 Å². The summed E-state index contributed by atoms with van der Waals surface area (Å²) in [5.74, 6) is -3.84. The van der Waals surface area contributed by atoms with Crippen molar-refractivity contribution in [2.45, 2.75) is 32.6 Å². The third-order valence-corrected chi connectivity index (χ3v) is 2.49. The van der Waals surface area contributed by atoms with Crippen LogP contribution in [-0.4, -0.2) is 17.7 Å². The summed E-state index contributed by atoms with van der Waals surface area (Å²) >= 11 is 0. The molecule has 0 fully saturated rings. The number of carboxylic acids is 1. The number of carbonyl (C=O) groups is 1. The van der Waals surface area contributed by atoms with E-state index in [2.05, 4.69) is 6.92 Å². The minimum absolute atomic E-state index is 0.222. The summed E-state index contributed by atoms with van der Waals surface area (Å²) in [4.78, 5) is 10.6. The predicted molar refractivity (Wildman–Crippen MR) is 63.0 cm³/mol. The first-order chi connectivity index (χ1) is 8.56. The molecule has 0 heterocycles. The molecule has 0 bridgehead atoms. The summed E-state index contributed by atoms with van der Waals surface area (Å²) in [6.07, 6.45) is 3.77.